The Bertz CT molecular complexity index is 635. The van der Waals surface area contributed by atoms with Crippen molar-refractivity contribution in [3.05, 3.63) is 78.1 Å². The molecule has 20 heavy (non-hydrogen) atoms. The minimum Gasteiger partial charge on any atom is -0.257 e. The summed E-state index contributed by atoms with van der Waals surface area (Å²) in [6.07, 6.45) is 4.15. The molecule has 0 aliphatic heterocycles. The molecule has 0 fully saturated rings. The number of rotatable bonds is 5. The maximum Gasteiger partial charge on any atom is 1.00 e. The van der Waals surface area contributed by atoms with E-state index < -0.39 is 9.84 Å². The molecular formula is C16H15LiO2S. The third-order valence-electron chi connectivity index (χ3n) is 2.63. The second-order valence-electron chi connectivity index (χ2n) is 4.07. The molecule has 0 saturated heterocycles. The first-order valence-electron chi connectivity index (χ1n) is 6.03. The zero-order valence-corrected chi connectivity index (χ0v) is 12.3. The summed E-state index contributed by atoms with van der Waals surface area (Å²) in [5, 5.41) is 0. The Kier molecular flexibility index (Phi) is 6.81. The van der Waals surface area contributed by atoms with Gasteiger partial charge in [-0.3, -0.25) is 8.42 Å². The van der Waals surface area contributed by atoms with Crippen molar-refractivity contribution in [1.29, 1.82) is 0 Å². The molecule has 98 valence electrons. The van der Waals surface area contributed by atoms with Crippen LogP contribution < -0.4 is 18.9 Å². The summed E-state index contributed by atoms with van der Waals surface area (Å²) in [6.45, 7) is 0. The summed E-state index contributed by atoms with van der Waals surface area (Å²) >= 11 is 0. The van der Waals surface area contributed by atoms with E-state index in [0.717, 1.165) is 5.56 Å². The Morgan fingerprint density at radius 3 is 2.05 bits per heavy atom. The van der Waals surface area contributed by atoms with Crippen LogP contribution in [0.1, 0.15) is 12.0 Å². The van der Waals surface area contributed by atoms with Crippen LogP contribution >= 0.6 is 0 Å². The van der Waals surface area contributed by atoms with Gasteiger partial charge in [-0.1, -0.05) is 54.6 Å². The number of allylic oxidation sites excluding steroid dienone is 1. The maximum atomic E-state index is 12.0. The third-order valence-corrected chi connectivity index (χ3v) is 4.19. The summed E-state index contributed by atoms with van der Waals surface area (Å²) in [4.78, 5) is 0.336. The second-order valence-corrected chi connectivity index (χ2v) is 5.97. The number of hydrogen-bond acceptors (Lipinski definition) is 2. The molecule has 2 aromatic carbocycles. The van der Waals surface area contributed by atoms with E-state index >= 15 is 0 Å². The molecule has 0 N–H and O–H groups in total. The molecular weight excluding hydrogens is 263 g/mol. The molecule has 0 heterocycles. The first-order valence-corrected chi connectivity index (χ1v) is 7.58. The van der Waals surface area contributed by atoms with Gasteiger partial charge in [0.15, 0.2) is 0 Å². The molecule has 4 heteroatoms. The minimum atomic E-state index is -3.29. The molecule has 0 saturated carbocycles. The number of benzene rings is 2. The predicted molar refractivity (Wildman–Crippen MR) is 78.0 cm³/mol. The summed E-state index contributed by atoms with van der Waals surface area (Å²) in [5.41, 5.74) is 1.06. The van der Waals surface area contributed by atoms with Crippen molar-refractivity contribution in [3.63, 3.8) is 0 Å². The Labute approximate surface area is 132 Å². The Morgan fingerprint density at radius 2 is 1.45 bits per heavy atom. The van der Waals surface area contributed by atoms with E-state index in [1.807, 2.05) is 42.5 Å². The first kappa shape index (κ1) is 16.8. The van der Waals surface area contributed by atoms with Crippen LogP contribution in [0.25, 0.3) is 6.08 Å². The molecule has 0 atom stereocenters. The van der Waals surface area contributed by atoms with Gasteiger partial charge in [-0.2, -0.15) is 5.75 Å². The first-order chi connectivity index (χ1) is 9.18. The zero-order chi connectivity index (χ0) is 13.6. The molecule has 2 rings (SSSR count). The Balaban J connectivity index is 0.00000200. The van der Waals surface area contributed by atoms with E-state index in [1.54, 1.807) is 30.3 Å². The molecule has 0 aliphatic carbocycles. The predicted octanol–water partition coefficient (Wildman–Crippen LogP) is 0.730. The van der Waals surface area contributed by atoms with Gasteiger partial charge in [-0.05, 0) is 17.7 Å². The van der Waals surface area contributed by atoms with Crippen molar-refractivity contribution in [2.24, 2.45) is 0 Å². The van der Waals surface area contributed by atoms with Crippen LogP contribution in [0, 0.1) is 5.75 Å². The van der Waals surface area contributed by atoms with Crippen LogP contribution in [0.3, 0.4) is 0 Å². The van der Waals surface area contributed by atoms with Gasteiger partial charge in [0.2, 0.25) is 0 Å². The topological polar surface area (TPSA) is 34.1 Å². The monoisotopic (exact) mass is 278 g/mol. The van der Waals surface area contributed by atoms with Crippen molar-refractivity contribution < 1.29 is 27.3 Å². The molecule has 0 bridgehead atoms. The average Bonchev–Trinajstić information content (AvgIpc) is 2.46. The molecule has 0 spiro atoms. The summed E-state index contributed by atoms with van der Waals surface area (Å²) in [5.74, 6) is 1.34. The van der Waals surface area contributed by atoms with Crippen LogP contribution in [0.2, 0.25) is 0 Å². The second kappa shape index (κ2) is 8.11. The van der Waals surface area contributed by atoms with E-state index in [1.165, 1.54) is 5.75 Å². The summed E-state index contributed by atoms with van der Waals surface area (Å²) < 4.78 is 23.9. The van der Waals surface area contributed by atoms with Crippen LogP contribution in [0.15, 0.2) is 71.6 Å². The van der Waals surface area contributed by atoms with E-state index in [2.05, 4.69) is 0 Å². The Morgan fingerprint density at radius 1 is 0.900 bits per heavy atom. The van der Waals surface area contributed by atoms with Gasteiger partial charge in [0.05, 0.1) is 9.84 Å². The SMILES string of the molecule is O=S(=O)([CH-]C/C=C/c1ccccc1)c1ccccc1.[Li+]. The van der Waals surface area contributed by atoms with Crippen molar-refractivity contribution in [1.82, 2.24) is 0 Å². The van der Waals surface area contributed by atoms with Crippen molar-refractivity contribution in [2.45, 2.75) is 11.3 Å². The van der Waals surface area contributed by atoms with Gasteiger partial charge in [0.25, 0.3) is 0 Å². The van der Waals surface area contributed by atoms with Gasteiger partial charge < -0.3 is 0 Å². The van der Waals surface area contributed by atoms with Crippen LogP contribution in [-0.4, -0.2) is 8.42 Å². The van der Waals surface area contributed by atoms with Gasteiger partial charge in [-0.15, -0.1) is 12.5 Å². The fourth-order valence-corrected chi connectivity index (χ4v) is 2.75. The van der Waals surface area contributed by atoms with Gasteiger partial charge in [0.1, 0.15) is 0 Å². The largest absolute Gasteiger partial charge is 1.00 e. The summed E-state index contributed by atoms with van der Waals surface area (Å²) in [6, 6.07) is 18.2. The third kappa shape index (κ3) is 5.01. The van der Waals surface area contributed by atoms with Crippen molar-refractivity contribution in [2.75, 3.05) is 0 Å². The normalized spacial score (nSPS) is 11.2. The van der Waals surface area contributed by atoms with E-state index in [9.17, 15) is 8.42 Å². The number of hydrogen-bond donors (Lipinski definition) is 0. The molecule has 0 aromatic heterocycles. The van der Waals surface area contributed by atoms with Gasteiger partial charge >= 0.3 is 18.9 Å². The molecule has 0 radical (unpaired) electrons. The van der Waals surface area contributed by atoms with E-state index in [-0.39, 0.29) is 18.9 Å². The fourth-order valence-electron chi connectivity index (χ4n) is 1.66. The maximum absolute atomic E-state index is 12.0. The smallest absolute Gasteiger partial charge is 0.257 e. The van der Waals surface area contributed by atoms with Gasteiger partial charge in [-0.25, -0.2) is 0 Å². The van der Waals surface area contributed by atoms with Crippen molar-refractivity contribution in [3.8, 4) is 0 Å². The molecule has 0 amide bonds. The fraction of sp³-hybridized carbons (Fsp3) is 0.0625. The van der Waals surface area contributed by atoms with Crippen LogP contribution in [-0.2, 0) is 9.84 Å². The average molecular weight is 278 g/mol. The van der Waals surface area contributed by atoms with E-state index in [4.69, 9.17) is 0 Å². The Hall–Kier alpha value is -1.27. The minimum absolute atomic E-state index is 0. The quantitative estimate of drug-likeness (QED) is 0.597. The van der Waals surface area contributed by atoms with Crippen molar-refractivity contribution >= 4 is 15.9 Å². The zero-order valence-electron chi connectivity index (χ0n) is 11.4. The van der Waals surface area contributed by atoms with Gasteiger partial charge in [0, 0.05) is 4.90 Å². The van der Waals surface area contributed by atoms with Crippen LogP contribution in [0.5, 0.6) is 0 Å². The molecule has 2 nitrogen and oxygen atoms in total. The standard InChI is InChI=1S/C16H15O2S.Li/c17-19(18,16-12-5-2-6-13-16)14-8-7-11-15-9-3-1-4-10-15;/h1-7,9-14H,8H2;/q-1;+1/b11-7+;. The van der Waals surface area contributed by atoms with Crippen LogP contribution in [0.4, 0.5) is 0 Å². The summed E-state index contributed by atoms with van der Waals surface area (Å²) in [7, 11) is -3.29. The molecule has 0 unspecified atom stereocenters. The number of sulfone groups is 1. The molecule has 2 aromatic rings. The van der Waals surface area contributed by atoms with E-state index in [0.29, 0.717) is 11.3 Å². The molecule has 0 aliphatic rings.